The lowest BCUT2D eigenvalue weighted by Gasteiger charge is -2.16. The monoisotopic (exact) mass is 376 g/mol. The molecule has 0 radical (unpaired) electrons. The molecule has 5 heteroatoms. The molecule has 2 aromatic carbocycles. The molecule has 0 aliphatic heterocycles. The number of anilines is 1. The van der Waals surface area contributed by atoms with Gasteiger partial charge in [0.15, 0.2) is 5.13 Å². The van der Waals surface area contributed by atoms with E-state index >= 15 is 0 Å². The third-order valence-electron chi connectivity index (χ3n) is 5.23. The lowest BCUT2D eigenvalue weighted by atomic mass is 9.92. The summed E-state index contributed by atoms with van der Waals surface area (Å²) in [6.45, 7) is 4.13. The molecule has 1 heterocycles. The second kappa shape index (κ2) is 6.74. The van der Waals surface area contributed by atoms with Crippen molar-refractivity contribution < 1.29 is 9.59 Å². The number of carbonyl (C=O) groups is 2. The Kier molecular flexibility index (Phi) is 4.40. The minimum atomic E-state index is -0.465. The molecule has 0 unspecified atom stereocenters. The standard InChI is InChI=1S/C22H20N2O2S/c1-14-8-9-17(12-15(14)2)22(10-11-22)20(26)24-21-23-13-18(27-21)19(25)16-6-4-3-5-7-16/h3-9,12-13H,10-11H2,1-2H3,(H,23,24,26). The van der Waals surface area contributed by atoms with Crippen LogP contribution in [0.15, 0.2) is 54.7 Å². The Balaban J connectivity index is 1.51. The highest BCUT2D eigenvalue weighted by molar-refractivity contribution is 7.17. The molecule has 136 valence electrons. The molecule has 0 atom stereocenters. The van der Waals surface area contributed by atoms with Gasteiger partial charge in [0.2, 0.25) is 11.7 Å². The maximum atomic E-state index is 12.9. The number of carbonyl (C=O) groups excluding carboxylic acids is 2. The lowest BCUT2D eigenvalue weighted by molar-refractivity contribution is -0.118. The zero-order valence-electron chi connectivity index (χ0n) is 15.3. The van der Waals surface area contributed by atoms with Crippen molar-refractivity contribution >= 4 is 28.2 Å². The highest BCUT2D eigenvalue weighted by Gasteiger charge is 2.51. The predicted octanol–water partition coefficient (Wildman–Crippen LogP) is 4.66. The number of hydrogen-bond donors (Lipinski definition) is 1. The Labute approximate surface area is 162 Å². The SMILES string of the molecule is Cc1ccc(C2(C(=O)Nc3ncc(C(=O)c4ccccc4)s3)CC2)cc1C. The summed E-state index contributed by atoms with van der Waals surface area (Å²) in [5.41, 5.74) is 3.62. The Morgan fingerprint density at radius 2 is 1.78 bits per heavy atom. The lowest BCUT2D eigenvalue weighted by Crippen LogP contribution is -2.27. The number of thiazole rings is 1. The number of aryl methyl sites for hydroxylation is 2. The molecule has 0 bridgehead atoms. The normalized spacial score (nSPS) is 14.6. The molecule has 1 N–H and O–H groups in total. The average molecular weight is 376 g/mol. The van der Waals surface area contributed by atoms with E-state index in [1.165, 1.54) is 28.7 Å². The van der Waals surface area contributed by atoms with Crippen LogP contribution in [0.5, 0.6) is 0 Å². The number of hydrogen-bond acceptors (Lipinski definition) is 4. The molecule has 1 aromatic heterocycles. The summed E-state index contributed by atoms with van der Waals surface area (Å²) in [5, 5.41) is 3.39. The van der Waals surface area contributed by atoms with E-state index < -0.39 is 5.41 Å². The molecule has 1 aliphatic rings. The molecule has 27 heavy (non-hydrogen) atoms. The summed E-state index contributed by atoms with van der Waals surface area (Å²) in [7, 11) is 0. The molecule has 1 saturated carbocycles. The second-order valence-corrected chi connectivity index (χ2v) is 8.09. The van der Waals surface area contributed by atoms with E-state index in [-0.39, 0.29) is 11.7 Å². The molecule has 1 aliphatic carbocycles. The Morgan fingerprint density at radius 1 is 1.04 bits per heavy atom. The van der Waals surface area contributed by atoms with Crippen LogP contribution in [-0.4, -0.2) is 16.7 Å². The summed E-state index contributed by atoms with van der Waals surface area (Å²) >= 11 is 1.22. The first-order valence-corrected chi connectivity index (χ1v) is 9.76. The summed E-state index contributed by atoms with van der Waals surface area (Å²) in [5.74, 6) is -0.122. The zero-order chi connectivity index (χ0) is 19.0. The smallest absolute Gasteiger partial charge is 0.236 e. The van der Waals surface area contributed by atoms with Crippen LogP contribution in [0, 0.1) is 13.8 Å². The first-order chi connectivity index (χ1) is 13.0. The van der Waals surface area contributed by atoms with Gasteiger partial charge in [-0.2, -0.15) is 0 Å². The van der Waals surface area contributed by atoms with Crippen LogP contribution in [0.4, 0.5) is 5.13 Å². The van der Waals surface area contributed by atoms with Crippen molar-refractivity contribution in [3.05, 3.63) is 81.9 Å². The minimum Gasteiger partial charge on any atom is -0.301 e. The Hall–Kier alpha value is -2.79. The second-order valence-electron chi connectivity index (χ2n) is 7.06. The number of aromatic nitrogens is 1. The highest BCUT2D eigenvalue weighted by Crippen LogP contribution is 2.49. The number of amides is 1. The van der Waals surface area contributed by atoms with Crippen molar-refractivity contribution in [3.8, 4) is 0 Å². The van der Waals surface area contributed by atoms with Gasteiger partial charge in [-0.25, -0.2) is 4.98 Å². The molecule has 3 aromatic rings. The van der Waals surface area contributed by atoms with Gasteiger partial charge in [0.25, 0.3) is 0 Å². The van der Waals surface area contributed by atoms with Crippen molar-refractivity contribution in [2.24, 2.45) is 0 Å². The minimum absolute atomic E-state index is 0.0428. The van der Waals surface area contributed by atoms with Crippen LogP contribution in [-0.2, 0) is 10.2 Å². The molecular formula is C22H20N2O2S. The maximum absolute atomic E-state index is 12.9. The first-order valence-electron chi connectivity index (χ1n) is 8.94. The van der Waals surface area contributed by atoms with Crippen molar-refractivity contribution in [2.45, 2.75) is 32.1 Å². The van der Waals surface area contributed by atoms with Crippen LogP contribution in [0.1, 0.15) is 44.8 Å². The van der Waals surface area contributed by atoms with Crippen LogP contribution >= 0.6 is 11.3 Å². The number of benzene rings is 2. The van der Waals surface area contributed by atoms with E-state index in [0.717, 1.165) is 18.4 Å². The zero-order valence-corrected chi connectivity index (χ0v) is 16.1. The summed E-state index contributed by atoms with van der Waals surface area (Å²) in [4.78, 5) is 30.2. The van der Waals surface area contributed by atoms with Gasteiger partial charge in [0.05, 0.1) is 16.5 Å². The van der Waals surface area contributed by atoms with Gasteiger partial charge in [-0.15, -0.1) is 0 Å². The van der Waals surface area contributed by atoms with Gasteiger partial charge >= 0.3 is 0 Å². The number of nitrogens with zero attached hydrogens (tertiary/aromatic N) is 1. The number of ketones is 1. The fourth-order valence-electron chi connectivity index (χ4n) is 3.20. The molecule has 0 saturated heterocycles. The van der Waals surface area contributed by atoms with Gasteiger partial charge in [-0.3, -0.25) is 9.59 Å². The number of nitrogens with one attached hydrogen (secondary N) is 1. The average Bonchev–Trinajstić information content (AvgIpc) is 3.37. The highest BCUT2D eigenvalue weighted by atomic mass is 32.1. The Bertz CT molecular complexity index is 1020. The first kappa shape index (κ1) is 17.6. The van der Waals surface area contributed by atoms with E-state index in [1.54, 1.807) is 12.1 Å². The largest absolute Gasteiger partial charge is 0.301 e. The van der Waals surface area contributed by atoms with Crippen LogP contribution in [0.25, 0.3) is 0 Å². The quantitative estimate of drug-likeness (QED) is 0.659. The maximum Gasteiger partial charge on any atom is 0.236 e. The van der Waals surface area contributed by atoms with Crippen LogP contribution < -0.4 is 5.32 Å². The summed E-state index contributed by atoms with van der Waals surface area (Å²) in [6.07, 6.45) is 3.20. The van der Waals surface area contributed by atoms with Gasteiger partial charge in [-0.1, -0.05) is 59.9 Å². The topological polar surface area (TPSA) is 59.1 Å². The third-order valence-corrected chi connectivity index (χ3v) is 6.14. The van der Waals surface area contributed by atoms with Crippen molar-refractivity contribution in [3.63, 3.8) is 0 Å². The Morgan fingerprint density at radius 3 is 2.44 bits per heavy atom. The van der Waals surface area contributed by atoms with Crippen molar-refractivity contribution in [2.75, 3.05) is 5.32 Å². The molecular weight excluding hydrogens is 356 g/mol. The molecule has 4 rings (SSSR count). The van der Waals surface area contributed by atoms with E-state index in [2.05, 4.69) is 36.3 Å². The predicted molar refractivity (Wildman–Crippen MR) is 107 cm³/mol. The van der Waals surface area contributed by atoms with Crippen molar-refractivity contribution in [1.29, 1.82) is 0 Å². The van der Waals surface area contributed by atoms with E-state index in [1.807, 2.05) is 24.3 Å². The van der Waals surface area contributed by atoms with Crippen LogP contribution in [0.2, 0.25) is 0 Å². The summed E-state index contributed by atoms with van der Waals surface area (Å²) < 4.78 is 0. The van der Waals surface area contributed by atoms with Gasteiger partial charge < -0.3 is 5.32 Å². The van der Waals surface area contributed by atoms with E-state index in [9.17, 15) is 9.59 Å². The van der Waals surface area contributed by atoms with E-state index in [0.29, 0.717) is 15.6 Å². The van der Waals surface area contributed by atoms with Crippen molar-refractivity contribution in [1.82, 2.24) is 4.98 Å². The molecule has 1 fully saturated rings. The summed E-state index contributed by atoms with van der Waals surface area (Å²) in [6, 6.07) is 15.3. The van der Waals surface area contributed by atoms with E-state index in [4.69, 9.17) is 0 Å². The van der Waals surface area contributed by atoms with Gasteiger partial charge in [0.1, 0.15) is 0 Å². The third kappa shape index (κ3) is 3.30. The molecule has 4 nitrogen and oxygen atoms in total. The number of rotatable bonds is 5. The fraction of sp³-hybridized carbons (Fsp3) is 0.227. The molecule has 1 amide bonds. The van der Waals surface area contributed by atoms with Gasteiger partial charge in [-0.05, 0) is 43.4 Å². The van der Waals surface area contributed by atoms with Crippen LogP contribution in [0.3, 0.4) is 0 Å². The fourth-order valence-corrected chi connectivity index (χ4v) is 3.97. The van der Waals surface area contributed by atoms with Gasteiger partial charge in [0, 0.05) is 5.56 Å². The molecule has 0 spiro atoms.